The molecule has 0 aliphatic heterocycles. The van der Waals surface area contributed by atoms with E-state index in [9.17, 15) is 0 Å². The van der Waals surface area contributed by atoms with Gasteiger partial charge in [0.1, 0.15) is 0 Å². The van der Waals surface area contributed by atoms with E-state index in [0.717, 1.165) is 17.0 Å². The van der Waals surface area contributed by atoms with E-state index in [1.165, 1.54) is 4.90 Å². The number of halogens is 1. The van der Waals surface area contributed by atoms with Gasteiger partial charge in [-0.2, -0.15) is 0 Å². The van der Waals surface area contributed by atoms with Crippen LogP contribution in [0.25, 0.3) is 11.3 Å². The van der Waals surface area contributed by atoms with Crippen LogP contribution in [0.4, 0.5) is 0 Å². The predicted octanol–water partition coefficient (Wildman–Crippen LogP) is 3.84. The van der Waals surface area contributed by atoms with Gasteiger partial charge < -0.3 is 4.98 Å². The van der Waals surface area contributed by atoms with Crippen molar-refractivity contribution in [1.82, 2.24) is 9.97 Å². The zero-order chi connectivity index (χ0) is 10.7. The Bertz CT molecular complexity index is 436. The minimum Gasteiger partial charge on any atom is -0.329 e. The number of benzene rings is 1. The SMILES string of the molecule is CCSc1ccc(-c2cnc(Cl)[nH]2)cc1. The third-order valence-corrected chi connectivity index (χ3v) is 3.11. The van der Waals surface area contributed by atoms with E-state index in [2.05, 4.69) is 41.2 Å². The van der Waals surface area contributed by atoms with Gasteiger partial charge in [0.05, 0.1) is 11.9 Å². The van der Waals surface area contributed by atoms with Gasteiger partial charge in [0.2, 0.25) is 0 Å². The normalized spacial score (nSPS) is 10.5. The predicted molar refractivity (Wildman–Crippen MR) is 65.4 cm³/mol. The first kappa shape index (κ1) is 10.6. The molecule has 0 aliphatic carbocycles. The summed E-state index contributed by atoms with van der Waals surface area (Å²) >= 11 is 7.55. The second kappa shape index (κ2) is 4.73. The van der Waals surface area contributed by atoms with Crippen molar-refractivity contribution in [2.24, 2.45) is 0 Å². The summed E-state index contributed by atoms with van der Waals surface area (Å²) < 4.78 is 0. The lowest BCUT2D eigenvalue weighted by Gasteiger charge is -2.00. The minimum absolute atomic E-state index is 0.428. The van der Waals surface area contributed by atoms with E-state index >= 15 is 0 Å². The summed E-state index contributed by atoms with van der Waals surface area (Å²) in [4.78, 5) is 8.23. The summed E-state index contributed by atoms with van der Waals surface area (Å²) in [5.41, 5.74) is 2.06. The minimum atomic E-state index is 0.428. The second-order valence-electron chi connectivity index (χ2n) is 3.05. The van der Waals surface area contributed by atoms with Gasteiger partial charge in [-0.3, -0.25) is 0 Å². The van der Waals surface area contributed by atoms with Crippen LogP contribution in [-0.2, 0) is 0 Å². The maximum atomic E-state index is 5.72. The lowest BCUT2D eigenvalue weighted by Crippen LogP contribution is -1.78. The van der Waals surface area contributed by atoms with Crippen molar-refractivity contribution in [3.8, 4) is 11.3 Å². The molecule has 4 heteroatoms. The molecule has 0 fully saturated rings. The molecule has 0 spiro atoms. The zero-order valence-corrected chi connectivity index (χ0v) is 9.90. The number of nitrogens with zero attached hydrogens (tertiary/aromatic N) is 1. The van der Waals surface area contributed by atoms with Crippen LogP contribution in [0, 0.1) is 0 Å². The Morgan fingerprint density at radius 1 is 1.33 bits per heavy atom. The summed E-state index contributed by atoms with van der Waals surface area (Å²) in [5, 5.41) is 0.428. The van der Waals surface area contributed by atoms with Crippen LogP contribution < -0.4 is 0 Å². The number of nitrogens with one attached hydrogen (secondary N) is 1. The van der Waals surface area contributed by atoms with Crippen molar-refractivity contribution in [3.63, 3.8) is 0 Å². The average Bonchev–Trinajstić information content (AvgIpc) is 2.67. The first-order valence-electron chi connectivity index (χ1n) is 4.73. The van der Waals surface area contributed by atoms with Crippen molar-refractivity contribution in [2.75, 3.05) is 5.75 Å². The van der Waals surface area contributed by atoms with Gasteiger partial charge in [0, 0.05) is 4.90 Å². The van der Waals surface area contributed by atoms with Crippen molar-refractivity contribution in [2.45, 2.75) is 11.8 Å². The molecule has 1 aromatic heterocycles. The molecule has 1 N–H and O–H groups in total. The van der Waals surface area contributed by atoms with Gasteiger partial charge in [-0.25, -0.2) is 4.98 Å². The molecule has 0 saturated heterocycles. The Hall–Kier alpha value is -0.930. The molecule has 15 heavy (non-hydrogen) atoms. The van der Waals surface area contributed by atoms with Crippen LogP contribution in [0.5, 0.6) is 0 Å². The molecule has 1 heterocycles. The van der Waals surface area contributed by atoms with Crippen LogP contribution in [0.15, 0.2) is 35.4 Å². The molecule has 0 amide bonds. The summed E-state index contributed by atoms with van der Waals surface area (Å²) in [6, 6.07) is 8.36. The van der Waals surface area contributed by atoms with E-state index in [1.807, 2.05) is 11.8 Å². The standard InChI is InChI=1S/C11H11ClN2S/c1-2-15-9-5-3-8(4-6-9)10-7-13-11(12)14-10/h3-7H,2H2,1H3,(H,13,14). The summed E-state index contributed by atoms with van der Waals surface area (Å²) in [6.45, 7) is 2.15. The smallest absolute Gasteiger partial charge is 0.200 e. The Morgan fingerprint density at radius 2 is 2.07 bits per heavy atom. The van der Waals surface area contributed by atoms with E-state index in [4.69, 9.17) is 11.6 Å². The fraction of sp³-hybridized carbons (Fsp3) is 0.182. The fourth-order valence-electron chi connectivity index (χ4n) is 1.34. The molecule has 0 aliphatic rings. The Morgan fingerprint density at radius 3 is 2.60 bits per heavy atom. The molecular weight excluding hydrogens is 228 g/mol. The topological polar surface area (TPSA) is 28.7 Å². The number of hydrogen-bond donors (Lipinski definition) is 1. The average molecular weight is 239 g/mol. The maximum absolute atomic E-state index is 5.72. The second-order valence-corrected chi connectivity index (χ2v) is 4.74. The first-order chi connectivity index (χ1) is 7.29. The maximum Gasteiger partial charge on any atom is 0.200 e. The van der Waals surface area contributed by atoms with E-state index in [-0.39, 0.29) is 0 Å². The number of rotatable bonds is 3. The van der Waals surface area contributed by atoms with E-state index in [1.54, 1.807) is 6.20 Å². The van der Waals surface area contributed by atoms with Gasteiger partial charge in [0.15, 0.2) is 5.28 Å². The highest BCUT2D eigenvalue weighted by atomic mass is 35.5. The van der Waals surface area contributed by atoms with Crippen molar-refractivity contribution < 1.29 is 0 Å². The molecule has 2 nitrogen and oxygen atoms in total. The zero-order valence-electron chi connectivity index (χ0n) is 8.33. The summed E-state index contributed by atoms with van der Waals surface area (Å²) in [7, 11) is 0. The molecule has 0 atom stereocenters. The van der Waals surface area contributed by atoms with Crippen LogP contribution in [-0.4, -0.2) is 15.7 Å². The number of hydrogen-bond acceptors (Lipinski definition) is 2. The van der Waals surface area contributed by atoms with Crippen LogP contribution in [0.1, 0.15) is 6.92 Å². The molecule has 1 aromatic carbocycles. The molecular formula is C11H11ClN2S. The fourth-order valence-corrected chi connectivity index (χ4v) is 2.15. The van der Waals surface area contributed by atoms with Crippen LogP contribution >= 0.6 is 23.4 Å². The third-order valence-electron chi connectivity index (χ3n) is 2.02. The number of thioether (sulfide) groups is 1. The Labute approximate surface area is 98.1 Å². The van der Waals surface area contributed by atoms with Gasteiger partial charge in [0.25, 0.3) is 0 Å². The number of aromatic amines is 1. The van der Waals surface area contributed by atoms with Crippen LogP contribution in [0.3, 0.4) is 0 Å². The first-order valence-corrected chi connectivity index (χ1v) is 6.09. The molecule has 0 bridgehead atoms. The monoisotopic (exact) mass is 238 g/mol. The number of aromatic nitrogens is 2. The highest BCUT2D eigenvalue weighted by Gasteiger charge is 2.01. The Kier molecular flexibility index (Phi) is 3.34. The van der Waals surface area contributed by atoms with Crippen molar-refractivity contribution in [3.05, 3.63) is 35.7 Å². The van der Waals surface area contributed by atoms with E-state index in [0.29, 0.717) is 5.28 Å². The van der Waals surface area contributed by atoms with Gasteiger partial charge >= 0.3 is 0 Å². The summed E-state index contributed by atoms with van der Waals surface area (Å²) in [6.07, 6.45) is 1.74. The highest BCUT2D eigenvalue weighted by Crippen LogP contribution is 2.23. The molecule has 0 saturated carbocycles. The molecule has 0 unspecified atom stereocenters. The molecule has 2 aromatic rings. The van der Waals surface area contributed by atoms with Gasteiger partial charge in [-0.15, -0.1) is 11.8 Å². The van der Waals surface area contributed by atoms with Gasteiger partial charge in [-0.1, -0.05) is 19.1 Å². The molecule has 0 radical (unpaired) electrons. The van der Waals surface area contributed by atoms with Crippen molar-refractivity contribution in [1.29, 1.82) is 0 Å². The quantitative estimate of drug-likeness (QED) is 0.823. The van der Waals surface area contributed by atoms with Crippen LogP contribution in [0.2, 0.25) is 5.28 Å². The third kappa shape index (κ3) is 2.55. The Balaban J connectivity index is 2.23. The highest BCUT2D eigenvalue weighted by molar-refractivity contribution is 7.99. The number of imidazole rings is 1. The number of H-pyrrole nitrogens is 1. The largest absolute Gasteiger partial charge is 0.329 e. The van der Waals surface area contributed by atoms with E-state index < -0.39 is 0 Å². The van der Waals surface area contributed by atoms with Crippen molar-refractivity contribution >= 4 is 23.4 Å². The molecule has 78 valence electrons. The van der Waals surface area contributed by atoms with Gasteiger partial charge in [-0.05, 0) is 35.0 Å². The lowest BCUT2D eigenvalue weighted by molar-refractivity contribution is 1.31. The lowest BCUT2D eigenvalue weighted by atomic mass is 10.2. The summed E-state index contributed by atoms with van der Waals surface area (Å²) in [5.74, 6) is 1.09. The molecule has 2 rings (SSSR count).